The van der Waals surface area contributed by atoms with E-state index in [-0.39, 0.29) is 11.8 Å². The highest BCUT2D eigenvalue weighted by Crippen LogP contribution is 2.28. The smallest absolute Gasteiger partial charge is 0.223 e. The molecular weight excluding hydrogens is 310 g/mol. The predicted molar refractivity (Wildman–Crippen MR) is 91.8 cm³/mol. The average Bonchev–Trinajstić information content (AvgIpc) is 3.03. The molecule has 128 valence electrons. The quantitative estimate of drug-likeness (QED) is 0.863. The van der Waals surface area contributed by atoms with Gasteiger partial charge in [-0.1, -0.05) is 13.8 Å². The van der Waals surface area contributed by atoms with Gasteiger partial charge in [-0.3, -0.25) is 4.79 Å². The summed E-state index contributed by atoms with van der Waals surface area (Å²) in [5.41, 5.74) is 1.09. The van der Waals surface area contributed by atoms with Gasteiger partial charge in [0.25, 0.3) is 0 Å². The third-order valence-electron chi connectivity index (χ3n) is 4.74. The molecular formula is C17H27N3O2S. The van der Waals surface area contributed by atoms with E-state index in [1.54, 1.807) is 11.3 Å². The van der Waals surface area contributed by atoms with Gasteiger partial charge in [-0.2, -0.15) is 0 Å². The summed E-state index contributed by atoms with van der Waals surface area (Å²) < 4.78 is 5.77. The Kier molecular flexibility index (Phi) is 5.67. The van der Waals surface area contributed by atoms with Gasteiger partial charge in [0.15, 0.2) is 0 Å². The zero-order valence-corrected chi connectivity index (χ0v) is 14.8. The molecule has 23 heavy (non-hydrogen) atoms. The van der Waals surface area contributed by atoms with E-state index < -0.39 is 0 Å². The first-order valence-electron chi connectivity index (χ1n) is 8.70. The molecule has 1 aromatic heterocycles. The van der Waals surface area contributed by atoms with Crippen LogP contribution >= 0.6 is 11.3 Å². The number of rotatable bonds is 5. The van der Waals surface area contributed by atoms with Gasteiger partial charge in [0.2, 0.25) is 5.91 Å². The first-order valence-corrected chi connectivity index (χ1v) is 9.58. The van der Waals surface area contributed by atoms with Gasteiger partial charge in [-0.05, 0) is 19.3 Å². The van der Waals surface area contributed by atoms with Crippen LogP contribution in [0.1, 0.15) is 49.7 Å². The molecule has 3 rings (SSSR count). The minimum absolute atomic E-state index is 0.118. The third kappa shape index (κ3) is 4.31. The molecule has 6 heteroatoms. The molecule has 0 bridgehead atoms. The Morgan fingerprint density at radius 1 is 1.52 bits per heavy atom. The van der Waals surface area contributed by atoms with Crippen LogP contribution in [0.4, 0.5) is 0 Å². The molecule has 2 heterocycles. The monoisotopic (exact) mass is 337 g/mol. The minimum Gasteiger partial charge on any atom is -0.375 e. The molecule has 0 radical (unpaired) electrons. The number of aromatic nitrogens is 1. The first-order chi connectivity index (χ1) is 11.1. The summed E-state index contributed by atoms with van der Waals surface area (Å²) in [7, 11) is 0. The minimum atomic E-state index is 0.118. The standard InChI is InChI=1S/C17H27N3O2S/c1-11(2)17-20-13(10-23-17)5-6-19-16(21)12-3-4-15-14(9-12)18-7-8-22-15/h10-12,14-15,18H,3-9H2,1-2H3,(H,19,21)/t12-,14+,15+/m0/s1. The van der Waals surface area contributed by atoms with Gasteiger partial charge in [0, 0.05) is 42.8 Å². The Bertz CT molecular complexity index is 532. The summed E-state index contributed by atoms with van der Waals surface area (Å²) >= 11 is 1.71. The van der Waals surface area contributed by atoms with Crippen molar-refractivity contribution in [2.24, 2.45) is 5.92 Å². The Hall–Kier alpha value is -0.980. The van der Waals surface area contributed by atoms with E-state index in [0.717, 1.165) is 44.5 Å². The van der Waals surface area contributed by atoms with Gasteiger partial charge in [-0.25, -0.2) is 4.98 Å². The van der Waals surface area contributed by atoms with E-state index in [9.17, 15) is 4.79 Å². The lowest BCUT2D eigenvalue weighted by molar-refractivity contribution is -0.128. The number of hydrogen-bond donors (Lipinski definition) is 2. The lowest BCUT2D eigenvalue weighted by Gasteiger charge is -2.39. The topological polar surface area (TPSA) is 63.2 Å². The van der Waals surface area contributed by atoms with E-state index >= 15 is 0 Å². The lowest BCUT2D eigenvalue weighted by Crippen LogP contribution is -2.53. The molecule has 2 aliphatic rings. The predicted octanol–water partition coefficient (Wildman–Crippen LogP) is 2.08. The Labute approximate surface area is 142 Å². The largest absolute Gasteiger partial charge is 0.375 e. The number of hydrogen-bond acceptors (Lipinski definition) is 5. The number of thiazole rings is 1. The molecule has 2 N–H and O–H groups in total. The number of morpholine rings is 1. The van der Waals surface area contributed by atoms with Gasteiger partial charge in [-0.15, -0.1) is 11.3 Å². The number of fused-ring (bicyclic) bond motifs is 1. The van der Waals surface area contributed by atoms with E-state index in [2.05, 4.69) is 34.8 Å². The molecule has 1 amide bonds. The van der Waals surface area contributed by atoms with E-state index in [4.69, 9.17) is 4.74 Å². The van der Waals surface area contributed by atoms with Crippen molar-refractivity contribution < 1.29 is 9.53 Å². The fraction of sp³-hybridized carbons (Fsp3) is 0.765. The molecule has 1 saturated carbocycles. The first kappa shape index (κ1) is 16.9. The van der Waals surface area contributed by atoms with Crippen LogP contribution in [0, 0.1) is 5.92 Å². The summed E-state index contributed by atoms with van der Waals surface area (Å²) in [6.45, 7) is 6.68. The highest BCUT2D eigenvalue weighted by Gasteiger charge is 2.35. The van der Waals surface area contributed by atoms with Gasteiger partial charge in [0.1, 0.15) is 0 Å². The zero-order valence-electron chi connectivity index (χ0n) is 14.0. The van der Waals surface area contributed by atoms with Gasteiger partial charge >= 0.3 is 0 Å². The second-order valence-corrected chi connectivity index (χ2v) is 7.74. The number of nitrogens with one attached hydrogen (secondary N) is 2. The number of carbonyl (C=O) groups is 1. The summed E-state index contributed by atoms with van der Waals surface area (Å²) in [5, 5.41) is 9.86. The van der Waals surface area contributed by atoms with Crippen molar-refractivity contribution >= 4 is 17.2 Å². The molecule has 0 unspecified atom stereocenters. The number of amides is 1. The highest BCUT2D eigenvalue weighted by molar-refractivity contribution is 7.09. The van der Waals surface area contributed by atoms with Crippen LogP contribution in [-0.4, -0.2) is 42.7 Å². The maximum absolute atomic E-state index is 12.4. The average molecular weight is 337 g/mol. The van der Waals surface area contributed by atoms with Crippen LogP contribution in [0.2, 0.25) is 0 Å². The van der Waals surface area contributed by atoms with Crippen molar-refractivity contribution in [3.8, 4) is 0 Å². The summed E-state index contributed by atoms with van der Waals surface area (Å²) in [6, 6.07) is 0.348. The molecule has 3 atom stereocenters. The van der Waals surface area contributed by atoms with E-state index in [0.29, 0.717) is 24.6 Å². The number of nitrogens with zero attached hydrogens (tertiary/aromatic N) is 1. The van der Waals surface area contributed by atoms with Crippen LogP contribution in [-0.2, 0) is 16.0 Å². The second kappa shape index (κ2) is 7.73. The summed E-state index contributed by atoms with van der Waals surface area (Å²) in [6.07, 6.45) is 3.93. The molecule has 1 aliphatic heterocycles. The van der Waals surface area contributed by atoms with E-state index in [1.807, 2.05) is 0 Å². The molecule has 0 spiro atoms. The van der Waals surface area contributed by atoms with Crippen molar-refractivity contribution in [2.45, 2.75) is 57.6 Å². The van der Waals surface area contributed by atoms with Crippen LogP contribution in [0.3, 0.4) is 0 Å². The lowest BCUT2D eigenvalue weighted by atomic mass is 9.82. The SMILES string of the molecule is CC(C)c1nc(CCNC(=O)[C@H]2CC[C@H]3OCCN[C@@H]3C2)cs1. The maximum Gasteiger partial charge on any atom is 0.223 e. The summed E-state index contributed by atoms with van der Waals surface area (Å²) in [5.74, 6) is 0.783. The normalized spacial score (nSPS) is 27.7. The van der Waals surface area contributed by atoms with Gasteiger partial charge < -0.3 is 15.4 Å². The number of carbonyl (C=O) groups excluding carboxylic acids is 1. The Morgan fingerprint density at radius 2 is 2.39 bits per heavy atom. The van der Waals surface area contributed by atoms with Gasteiger partial charge in [0.05, 0.1) is 23.4 Å². The van der Waals surface area contributed by atoms with Crippen LogP contribution in [0.25, 0.3) is 0 Å². The molecule has 5 nitrogen and oxygen atoms in total. The maximum atomic E-state index is 12.4. The molecule has 0 aromatic carbocycles. The molecule has 1 aromatic rings. The van der Waals surface area contributed by atoms with Crippen molar-refractivity contribution in [3.05, 3.63) is 16.1 Å². The third-order valence-corrected chi connectivity index (χ3v) is 5.94. The Balaban J connectivity index is 1.42. The second-order valence-electron chi connectivity index (χ2n) is 6.85. The van der Waals surface area contributed by atoms with Crippen molar-refractivity contribution in [3.63, 3.8) is 0 Å². The molecule has 1 aliphatic carbocycles. The van der Waals surface area contributed by atoms with Crippen molar-refractivity contribution in [1.82, 2.24) is 15.6 Å². The summed E-state index contributed by atoms with van der Waals surface area (Å²) in [4.78, 5) is 17.0. The Morgan fingerprint density at radius 3 is 3.17 bits per heavy atom. The molecule has 2 fully saturated rings. The highest BCUT2D eigenvalue weighted by atomic mass is 32.1. The van der Waals surface area contributed by atoms with Crippen molar-refractivity contribution in [1.29, 1.82) is 0 Å². The van der Waals surface area contributed by atoms with Crippen LogP contribution < -0.4 is 10.6 Å². The fourth-order valence-electron chi connectivity index (χ4n) is 3.41. The zero-order chi connectivity index (χ0) is 16.2. The fourth-order valence-corrected chi connectivity index (χ4v) is 4.28. The van der Waals surface area contributed by atoms with Crippen LogP contribution in [0.15, 0.2) is 5.38 Å². The van der Waals surface area contributed by atoms with E-state index in [1.165, 1.54) is 5.01 Å². The number of ether oxygens (including phenoxy) is 1. The van der Waals surface area contributed by atoms with Crippen LogP contribution in [0.5, 0.6) is 0 Å². The van der Waals surface area contributed by atoms with Crippen molar-refractivity contribution in [2.75, 3.05) is 19.7 Å². The molecule has 1 saturated heterocycles.